The molecule has 0 aliphatic carbocycles. The van der Waals surface area contributed by atoms with Gasteiger partial charge >= 0.3 is 0 Å². The molecule has 0 aliphatic rings. The summed E-state index contributed by atoms with van der Waals surface area (Å²) in [6.45, 7) is 0. The Balaban J connectivity index is 1.02. The molecule has 0 unspecified atom stereocenters. The summed E-state index contributed by atoms with van der Waals surface area (Å²) in [4.78, 5) is 20.4. The molecule has 0 spiro atoms. The molecule has 2 aromatic heterocycles. The average molecular weight is 779 g/mol. The van der Waals surface area contributed by atoms with Gasteiger partial charge in [0, 0.05) is 33.0 Å². The second kappa shape index (κ2) is 14.2. The molecule has 10 aromatic carbocycles. The monoisotopic (exact) mass is 778 g/mol. The van der Waals surface area contributed by atoms with Gasteiger partial charge in [0.1, 0.15) is 5.52 Å². The molecule has 5 heteroatoms. The third-order valence-electron chi connectivity index (χ3n) is 11.7. The van der Waals surface area contributed by atoms with Crippen LogP contribution in [0.3, 0.4) is 0 Å². The topological polar surface area (TPSA) is 64.7 Å². The SMILES string of the molecule is c1ccc(-c2ccc(-c3nc(-c4ccc(-c5ccc6ccccc6c5)cc4)nc(-c4ccc5ccc6ccc7ccc8nc(-c9ccccc9)oc8c7c6c5c4)n3)cc2)cc1. The van der Waals surface area contributed by atoms with Gasteiger partial charge in [-0.05, 0) is 84.9 Å². The highest BCUT2D eigenvalue weighted by Crippen LogP contribution is 2.40. The van der Waals surface area contributed by atoms with Crippen LogP contribution in [0.15, 0.2) is 211 Å². The minimum Gasteiger partial charge on any atom is -0.435 e. The molecular weight excluding hydrogens is 745 g/mol. The smallest absolute Gasteiger partial charge is 0.227 e. The highest BCUT2D eigenvalue weighted by molar-refractivity contribution is 6.26. The van der Waals surface area contributed by atoms with Crippen molar-refractivity contribution in [2.24, 2.45) is 0 Å². The van der Waals surface area contributed by atoms with E-state index in [2.05, 4.69) is 164 Å². The minimum absolute atomic E-state index is 0.598. The summed E-state index contributed by atoms with van der Waals surface area (Å²) in [7, 11) is 0. The fraction of sp³-hybridized carbons (Fsp3) is 0. The van der Waals surface area contributed by atoms with Crippen LogP contribution in [0.2, 0.25) is 0 Å². The van der Waals surface area contributed by atoms with E-state index in [-0.39, 0.29) is 0 Å². The molecule has 284 valence electrons. The quantitative estimate of drug-likeness (QED) is 0.157. The first-order valence-corrected chi connectivity index (χ1v) is 20.4. The van der Waals surface area contributed by atoms with Crippen LogP contribution in [0.25, 0.3) is 122 Å². The van der Waals surface area contributed by atoms with Gasteiger partial charge in [-0.1, -0.05) is 176 Å². The van der Waals surface area contributed by atoms with Crippen molar-refractivity contribution in [2.75, 3.05) is 0 Å². The third-order valence-corrected chi connectivity index (χ3v) is 11.7. The maximum atomic E-state index is 6.62. The number of fused-ring (bicyclic) bond motifs is 8. The highest BCUT2D eigenvalue weighted by Gasteiger charge is 2.18. The normalized spacial score (nSPS) is 11.6. The van der Waals surface area contributed by atoms with Gasteiger partial charge in [0.15, 0.2) is 23.1 Å². The molecular formula is C56H34N4O. The molecule has 12 aromatic rings. The summed E-state index contributed by atoms with van der Waals surface area (Å²) in [6.07, 6.45) is 0. The Morgan fingerprint density at radius 3 is 1.43 bits per heavy atom. The van der Waals surface area contributed by atoms with Crippen molar-refractivity contribution in [2.45, 2.75) is 0 Å². The Kier molecular flexibility index (Phi) is 8.10. The maximum Gasteiger partial charge on any atom is 0.227 e. The van der Waals surface area contributed by atoms with Crippen LogP contribution in [-0.4, -0.2) is 19.9 Å². The number of nitrogens with zero attached hydrogens (tertiary/aromatic N) is 4. The van der Waals surface area contributed by atoms with Crippen LogP contribution in [0, 0.1) is 0 Å². The zero-order valence-electron chi connectivity index (χ0n) is 32.8. The summed E-state index contributed by atoms with van der Waals surface area (Å²) >= 11 is 0. The van der Waals surface area contributed by atoms with Gasteiger partial charge in [-0.25, -0.2) is 19.9 Å². The molecule has 0 bridgehead atoms. The molecule has 0 radical (unpaired) electrons. The van der Waals surface area contributed by atoms with Gasteiger partial charge < -0.3 is 4.42 Å². The average Bonchev–Trinajstić information content (AvgIpc) is 3.79. The standard InChI is InChI=1S/C56H34N4O/c1-3-9-35(10-4-1)37-15-25-42(26-16-37)53-58-54(43-27-17-38(18-28-43)46-29-19-36-11-7-8-14-45(36)33-46)60-55(59-53)47-30-21-39-20-22-40-23-24-41-31-32-49-52(51(41)50(40)48(39)34-47)61-56(57-49)44-12-5-2-6-13-44/h1-34H. The van der Waals surface area contributed by atoms with E-state index in [1.807, 2.05) is 42.5 Å². The number of rotatable bonds is 6. The fourth-order valence-electron chi connectivity index (χ4n) is 8.57. The van der Waals surface area contributed by atoms with Crippen LogP contribution >= 0.6 is 0 Å². The van der Waals surface area contributed by atoms with Crippen LogP contribution in [0.5, 0.6) is 0 Å². The lowest BCUT2D eigenvalue weighted by Crippen LogP contribution is -2.00. The van der Waals surface area contributed by atoms with E-state index in [0.717, 1.165) is 87.9 Å². The van der Waals surface area contributed by atoms with Gasteiger partial charge in [-0.2, -0.15) is 0 Å². The number of hydrogen-bond donors (Lipinski definition) is 0. The molecule has 0 aliphatic heterocycles. The molecule has 0 fully saturated rings. The molecule has 12 rings (SSSR count). The summed E-state index contributed by atoms with van der Waals surface area (Å²) in [5.41, 5.74) is 9.84. The zero-order valence-corrected chi connectivity index (χ0v) is 32.8. The molecule has 0 atom stereocenters. The van der Waals surface area contributed by atoms with Crippen LogP contribution < -0.4 is 0 Å². The van der Waals surface area contributed by atoms with Gasteiger partial charge in [0.05, 0.1) is 0 Å². The van der Waals surface area contributed by atoms with E-state index in [4.69, 9.17) is 24.4 Å². The largest absolute Gasteiger partial charge is 0.435 e. The first-order chi connectivity index (χ1) is 30.2. The second-order valence-electron chi connectivity index (χ2n) is 15.5. The van der Waals surface area contributed by atoms with Crippen molar-refractivity contribution in [1.29, 1.82) is 0 Å². The fourth-order valence-corrected chi connectivity index (χ4v) is 8.57. The number of oxazole rings is 1. The second-order valence-corrected chi connectivity index (χ2v) is 15.5. The lowest BCUT2D eigenvalue weighted by Gasteiger charge is -2.12. The highest BCUT2D eigenvalue weighted by atomic mass is 16.3. The van der Waals surface area contributed by atoms with E-state index in [1.54, 1.807) is 0 Å². The van der Waals surface area contributed by atoms with Crippen molar-refractivity contribution in [1.82, 2.24) is 19.9 Å². The molecule has 0 saturated heterocycles. The van der Waals surface area contributed by atoms with Gasteiger partial charge in [0.25, 0.3) is 0 Å². The molecule has 0 amide bonds. The zero-order chi connectivity index (χ0) is 40.3. The van der Waals surface area contributed by atoms with E-state index in [1.165, 1.54) is 10.8 Å². The van der Waals surface area contributed by atoms with Gasteiger partial charge in [-0.15, -0.1) is 0 Å². The van der Waals surface area contributed by atoms with E-state index in [0.29, 0.717) is 23.4 Å². The van der Waals surface area contributed by atoms with E-state index >= 15 is 0 Å². The van der Waals surface area contributed by atoms with Crippen molar-refractivity contribution >= 4 is 54.2 Å². The summed E-state index contributed by atoms with van der Waals surface area (Å²) in [5.74, 6) is 2.42. The maximum absolute atomic E-state index is 6.62. The lowest BCUT2D eigenvalue weighted by molar-refractivity contribution is 0.623. The molecule has 61 heavy (non-hydrogen) atoms. The molecule has 5 nitrogen and oxygen atoms in total. The number of hydrogen-bond acceptors (Lipinski definition) is 5. The Bertz CT molecular complexity index is 3610. The van der Waals surface area contributed by atoms with Gasteiger partial charge in [-0.3, -0.25) is 0 Å². The summed E-state index contributed by atoms with van der Waals surface area (Å²) < 4.78 is 6.62. The lowest BCUT2D eigenvalue weighted by atomic mass is 9.94. The van der Waals surface area contributed by atoms with Crippen LogP contribution in [0.1, 0.15) is 0 Å². The van der Waals surface area contributed by atoms with Crippen molar-refractivity contribution in [3.8, 4) is 67.9 Å². The summed E-state index contributed by atoms with van der Waals surface area (Å²) in [6, 6.07) is 71.9. The predicted octanol–water partition coefficient (Wildman–Crippen LogP) is 14.6. The first-order valence-electron chi connectivity index (χ1n) is 20.4. The van der Waals surface area contributed by atoms with Crippen LogP contribution in [-0.2, 0) is 0 Å². The van der Waals surface area contributed by atoms with Crippen molar-refractivity contribution < 1.29 is 4.42 Å². The number of aromatic nitrogens is 4. The Hall–Kier alpha value is -8.28. The van der Waals surface area contributed by atoms with Crippen LogP contribution in [0.4, 0.5) is 0 Å². The Morgan fingerprint density at radius 2 is 0.738 bits per heavy atom. The Labute approximate surface area is 351 Å². The molecule has 2 heterocycles. The molecule has 0 N–H and O–H groups in total. The minimum atomic E-state index is 0.598. The number of benzene rings is 10. The van der Waals surface area contributed by atoms with Gasteiger partial charge in [0.2, 0.25) is 5.89 Å². The Morgan fingerprint density at radius 1 is 0.279 bits per heavy atom. The van der Waals surface area contributed by atoms with Crippen molar-refractivity contribution in [3.63, 3.8) is 0 Å². The predicted molar refractivity (Wildman–Crippen MR) is 250 cm³/mol. The third kappa shape index (κ3) is 6.19. The van der Waals surface area contributed by atoms with E-state index < -0.39 is 0 Å². The van der Waals surface area contributed by atoms with E-state index in [9.17, 15) is 0 Å². The molecule has 0 saturated carbocycles. The summed E-state index contributed by atoms with van der Waals surface area (Å²) in [5, 5.41) is 8.98. The van der Waals surface area contributed by atoms with Crippen molar-refractivity contribution in [3.05, 3.63) is 206 Å². The first kappa shape index (κ1) is 34.7.